The predicted octanol–water partition coefficient (Wildman–Crippen LogP) is 2.15. The summed E-state index contributed by atoms with van der Waals surface area (Å²) in [7, 11) is 1.97. The highest BCUT2D eigenvalue weighted by Gasteiger charge is 2.37. The molecule has 2 unspecified atom stereocenters. The van der Waals surface area contributed by atoms with E-state index in [1.165, 1.54) is 12.0 Å². The SMILES string of the molecule is CNCC1CC1c1ccc(F)cc1. The Morgan fingerprint density at radius 2 is 2.08 bits per heavy atom. The summed E-state index contributed by atoms with van der Waals surface area (Å²) in [5.74, 6) is 1.28. The molecule has 2 atom stereocenters. The van der Waals surface area contributed by atoms with Gasteiger partial charge in [0, 0.05) is 0 Å². The van der Waals surface area contributed by atoms with Gasteiger partial charge in [0.25, 0.3) is 0 Å². The van der Waals surface area contributed by atoms with Gasteiger partial charge < -0.3 is 5.32 Å². The fraction of sp³-hybridized carbons (Fsp3) is 0.455. The maximum absolute atomic E-state index is 12.6. The number of hydrogen-bond acceptors (Lipinski definition) is 1. The van der Waals surface area contributed by atoms with Crippen molar-refractivity contribution in [2.75, 3.05) is 13.6 Å². The van der Waals surface area contributed by atoms with Crippen molar-refractivity contribution in [2.24, 2.45) is 5.92 Å². The molecular weight excluding hydrogens is 165 g/mol. The van der Waals surface area contributed by atoms with Crippen molar-refractivity contribution in [1.82, 2.24) is 5.32 Å². The summed E-state index contributed by atoms with van der Waals surface area (Å²) in [5, 5.41) is 3.17. The van der Waals surface area contributed by atoms with Crippen molar-refractivity contribution in [2.45, 2.75) is 12.3 Å². The first-order valence-corrected chi connectivity index (χ1v) is 4.71. The third kappa shape index (κ3) is 1.89. The quantitative estimate of drug-likeness (QED) is 0.749. The largest absolute Gasteiger partial charge is 0.319 e. The van der Waals surface area contributed by atoms with Gasteiger partial charge in [0.05, 0.1) is 0 Å². The van der Waals surface area contributed by atoms with Gasteiger partial charge >= 0.3 is 0 Å². The van der Waals surface area contributed by atoms with Crippen LogP contribution in [0.3, 0.4) is 0 Å². The van der Waals surface area contributed by atoms with Crippen LogP contribution in [0.2, 0.25) is 0 Å². The lowest BCUT2D eigenvalue weighted by Gasteiger charge is -1.99. The van der Waals surface area contributed by atoms with E-state index in [1.807, 2.05) is 19.2 Å². The van der Waals surface area contributed by atoms with E-state index in [2.05, 4.69) is 5.32 Å². The zero-order valence-electron chi connectivity index (χ0n) is 7.76. The molecule has 0 aromatic heterocycles. The van der Waals surface area contributed by atoms with Crippen LogP contribution in [0.5, 0.6) is 0 Å². The minimum atomic E-state index is -0.144. The van der Waals surface area contributed by atoms with Gasteiger partial charge in [-0.3, -0.25) is 0 Å². The lowest BCUT2D eigenvalue weighted by atomic mass is 10.1. The Labute approximate surface area is 78.0 Å². The van der Waals surface area contributed by atoms with Crippen LogP contribution in [-0.2, 0) is 0 Å². The normalized spacial score (nSPS) is 26.0. The standard InChI is InChI=1S/C11H14FN/c1-13-7-9-6-11(9)8-2-4-10(12)5-3-8/h2-5,9,11,13H,6-7H2,1H3. The van der Waals surface area contributed by atoms with Gasteiger partial charge in [0.1, 0.15) is 5.82 Å². The van der Waals surface area contributed by atoms with Crippen molar-refractivity contribution in [1.29, 1.82) is 0 Å². The molecule has 0 amide bonds. The molecule has 1 aliphatic carbocycles. The van der Waals surface area contributed by atoms with Crippen LogP contribution in [0.25, 0.3) is 0 Å². The highest BCUT2D eigenvalue weighted by Crippen LogP contribution is 2.46. The van der Waals surface area contributed by atoms with Crippen LogP contribution in [0.15, 0.2) is 24.3 Å². The maximum Gasteiger partial charge on any atom is 0.123 e. The van der Waals surface area contributed by atoms with Gasteiger partial charge in [-0.2, -0.15) is 0 Å². The average Bonchev–Trinajstić information content (AvgIpc) is 2.86. The van der Waals surface area contributed by atoms with E-state index in [4.69, 9.17) is 0 Å². The number of halogens is 1. The molecule has 0 aliphatic heterocycles. The Morgan fingerprint density at radius 3 is 2.69 bits per heavy atom. The fourth-order valence-corrected chi connectivity index (χ4v) is 1.85. The van der Waals surface area contributed by atoms with Gasteiger partial charge in [0.15, 0.2) is 0 Å². The van der Waals surface area contributed by atoms with Crippen molar-refractivity contribution in [3.05, 3.63) is 35.6 Å². The van der Waals surface area contributed by atoms with Crippen LogP contribution in [0.4, 0.5) is 4.39 Å². The van der Waals surface area contributed by atoms with E-state index in [0.29, 0.717) is 5.92 Å². The minimum absolute atomic E-state index is 0.144. The molecule has 13 heavy (non-hydrogen) atoms. The molecule has 70 valence electrons. The van der Waals surface area contributed by atoms with Gasteiger partial charge in [-0.1, -0.05) is 12.1 Å². The molecule has 1 aliphatic rings. The van der Waals surface area contributed by atoms with Crippen LogP contribution in [0, 0.1) is 11.7 Å². The zero-order valence-corrected chi connectivity index (χ0v) is 7.76. The maximum atomic E-state index is 12.6. The second kappa shape index (κ2) is 3.46. The van der Waals surface area contributed by atoms with E-state index in [0.717, 1.165) is 12.5 Å². The van der Waals surface area contributed by atoms with Crippen LogP contribution < -0.4 is 5.32 Å². The second-order valence-electron chi connectivity index (χ2n) is 3.71. The molecule has 1 aromatic carbocycles. The van der Waals surface area contributed by atoms with Crippen molar-refractivity contribution in [3.8, 4) is 0 Å². The van der Waals surface area contributed by atoms with Crippen LogP contribution in [0.1, 0.15) is 17.9 Å². The van der Waals surface area contributed by atoms with Gasteiger partial charge in [-0.05, 0) is 49.5 Å². The monoisotopic (exact) mass is 179 g/mol. The summed E-state index contributed by atoms with van der Waals surface area (Å²) < 4.78 is 12.6. The number of hydrogen-bond donors (Lipinski definition) is 1. The molecule has 0 heterocycles. The Kier molecular flexibility index (Phi) is 2.32. The van der Waals surface area contributed by atoms with Gasteiger partial charge in [-0.15, -0.1) is 0 Å². The smallest absolute Gasteiger partial charge is 0.123 e. The topological polar surface area (TPSA) is 12.0 Å². The van der Waals surface area contributed by atoms with Gasteiger partial charge in [0.2, 0.25) is 0 Å². The lowest BCUT2D eigenvalue weighted by molar-refractivity contribution is 0.626. The lowest BCUT2D eigenvalue weighted by Crippen LogP contribution is -2.10. The Balaban J connectivity index is 2.00. The van der Waals surface area contributed by atoms with Crippen LogP contribution in [-0.4, -0.2) is 13.6 Å². The van der Waals surface area contributed by atoms with E-state index in [9.17, 15) is 4.39 Å². The molecule has 1 fully saturated rings. The number of benzene rings is 1. The second-order valence-corrected chi connectivity index (χ2v) is 3.71. The van der Waals surface area contributed by atoms with Crippen LogP contribution >= 0.6 is 0 Å². The highest BCUT2D eigenvalue weighted by molar-refractivity contribution is 5.26. The van der Waals surface area contributed by atoms with Gasteiger partial charge in [-0.25, -0.2) is 4.39 Å². The Bertz CT molecular complexity index is 281. The van der Waals surface area contributed by atoms with E-state index in [-0.39, 0.29) is 5.82 Å². The molecular formula is C11H14FN. The average molecular weight is 179 g/mol. The molecule has 1 aromatic rings. The molecule has 1 saturated carbocycles. The first-order valence-electron chi connectivity index (χ1n) is 4.71. The molecule has 2 heteroatoms. The van der Waals surface area contributed by atoms with Crippen molar-refractivity contribution in [3.63, 3.8) is 0 Å². The zero-order chi connectivity index (χ0) is 9.26. The highest BCUT2D eigenvalue weighted by atomic mass is 19.1. The third-order valence-corrected chi connectivity index (χ3v) is 2.69. The first-order chi connectivity index (χ1) is 6.31. The molecule has 2 rings (SSSR count). The van der Waals surface area contributed by atoms with E-state index < -0.39 is 0 Å². The fourth-order valence-electron chi connectivity index (χ4n) is 1.85. The Morgan fingerprint density at radius 1 is 1.38 bits per heavy atom. The minimum Gasteiger partial charge on any atom is -0.319 e. The summed E-state index contributed by atoms with van der Waals surface area (Å²) in [6.07, 6.45) is 1.24. The third-order valence-electron chi connectivity index (χ3n) is 2.69. The summed E-state index contributed by atoms with van der Waals surface area (Å²) in [6, 6.07) is 6.89. The summed E-state index contributed by atoms with van der Waals surface area (Å²) in [5.41, 5.74) is 1.28. The van der Waals surface area contributed by atoms with E-state index in [1.54, 1.807) is 12.1 Å². The first kappa shape index (κ1) is 8.70. The van der Waals surface area contributed by atoms with Crippen molar-refractivity contribution >= 4 is 0 Å². The molecule has 0 bridgehead atoms. The molecule has 1 nitrogen and oxygen atoms in total. The number of rotatable bonds is 3. The molecule has 0 radical (unpaired) electrons. The summed E-state index contributed by atoms with van der Waals surface area (Å²) in [4.78, 5) is 0. The molecule has 0 spiro atoms. The molecule has 1 N–H and O–H groups in total. The number of nitrogens with one attached hydrogen (secondary N) is 1. The summed E-state index contributed by atoms with van der Waals surface area (Å²) in [6.45, 7) is 1.07. The molecule has 0 saturated heterocycles. The Hall–Kier alpha value is -0.890. The van der Waals surface area contributed by atoms with Crippen molar-refractivity contribution < 1.29 is 4.39 Å². The summed E-state index contributed by atoms with van der Waals surface area (Å²) >= 11 is 0. The van der Waals surface area contributed by atoms with E-state index >= 15 is 0 Å². The predicted molar refractivity (Wildman–Crippen MR) is 51.2 cm³/mol.